The van der Waals surface area contributed by atoms with E-state index in [2.05, 4.69) is 27.7 Å². The third kappa shape index (κ3) is 24.7. The summed E-state index contributed by atoms with van der Waals surface area (Å²) >= 11 is 0. The number of carboxylic acid groups (broad SMARTS) is 2. The fraction of sp³-hybridized carbons (Fsp3) is 0.944. The number of aliphatic carboxylic acids is 2. The van der Waals surface area contributed by atoms with E-state index in [9.17, 15) is 14.7 Å². The molecule has 0 aromatic heterocycles. The zero-order chi connectivity index (χ0) is 29.9. The average molecular weight is 567 g/mol. The minimum absolute atomic E-state index is 0.245. The van der Waals surface area contributed by atoms with Gasteiger partial charge in [-0.05, 0) is 37.5 Å². The lowest BCUT2D eigenvalue weighted by molar-refractivity contribution is -0.151. The Balaban J connectivity index is 4.43. The molecule has 0 amide bonds. The summed E-state index contributed by atoms with van der Waals surface area (Å²) in [6, 6.07) is 0. The second-order valence-corrected chi connectivity index (χ2v) is 13.8. The summed E-state index contributed by atoms with van der Waals surface area (Å²) in [7, 11) is 0. The molecular formula is C36H70O4. The van der Waals surface area contributed by atoms with Crippen LogP contribution in [0.15, 0.2) is 0 Å². The summed E-state index contributed by atoms with van der Waals surface area (Å²) < 4.78 is 0. The van der Waals surface area contributed by atoms with E-state index in [1.807, 2.05) is 0 Å². The van der Waals surface area contributed by atoms with E-state index in [1.54, 1.807) is 0 Å². The Morgan fingerprint density at radius 3 is 1.00 bits per heavy atom. The average Bonchev–Trinajstić information content (AvgIpc) is 2.89. The first-order valence-electron chi connectivity index (χ1n) is 17.6. The highest BCUT2D eigenvalue weighted by Crippen LogP contribution is 2.38. The molecule has 238 valence electrons. The highest BCUT2D eigenvalue weighted by atomic mass is 16.4. The molecule has 0 aliphatic heterocycles. The molecule has 0 fully saturated rings. The molecule has 0 saturated carbocycles. The van der Waals surface area contributed by atoms with Gasteiger partial charge in [0.1, 0.15) is 0 Å². The normalized spacial score (nSPS) is 12.1. The number of hydrogen-bond donors (Lipinski definition) is 2. The molecule has 0 saturated heterocycles. The molecule has 0 heterocycles. The molecule has 0 aromatic carbocycles. The topological polar surface area (TPSA) is 74.6 Å². The Morgan fingerprint density at radius 2 is 0.725 bits per heavy atom. The molecule has 2 N–H and O–H groups in total. The molecule has 0 radical (unpaired) electrons. The lowest BCUT2D eigenvalue weighted by Crippen LogP contribution is -2.31. The molecule has 4 heteroatoms. The molecule has 0 spiro atoms. The van der Waals surface area contributed by atoms with Crippen LogP contribution < -0.4 is 0 Å². The van der Waals surface area contributed by atoms with E-state index in [-0.39, 0.29) is 6.42 Å². The van der Waals surface area contributed by atoms with Crippen LogP contribution in [-0.4, -0.2) is 22.2 Å². The molecule has 0 atom stereocenters. The summed E-state index contributed by atoms with van der Waals surface area (Å²) in [4.78, 5) is 23.4. The van der Waals surface area contributed by atoms with E-state index in [4.69, 9.17) is 5.11 Å². The van der Waals surface area contributed by atoms with Gasteiger partial charge < -0.3 is 10.2 Å². The monoisotopic (exact) mass is 567 g/mol. The van der Waals surface area contributed by atoms with E-state index in [1.165, 1.54) is 89.9 Å². The van der Waals surface area contributed by atoms with Crippen molar-refractivity contribution < 1.29 is 19.8 Å². The van der Waals surface area contributed by atoms with Crippen molar-refractivity contribution in [2.24, 2.45) is 17.3 Å². The largest absolute Gasteiger partial charge is 0.481 e. The Hall–Kier alpha value is -1.06. The minimum Gasteiger partial charge on any atom is -0.481 e. The fourth-order valence-corrected chi connectivity index (χ4v) is 6.12. The smallest absolute Gasteiger partial charge is 0.309 e. The lowest BCUT2D eigenvalue weighted by atomic mass is 9.74. The van der Waals surface area contributed by atoms with Crippen molar-refractivity contribution in [1.82, 2.24) is 0 Å². The SMILES string of the molecule is CC(C)CCCCCCCCCCC(CCCCCCCCCCC(C)C)(CCCCCCCC(=O)O)C(=O)O. The van der Waals surface area contributed by atoms with Crippen LogP contribution >= 0.6 is 0 Å². The summed E-state index contributed by atoms with van der Waals surface area (Å²) in [5.41, 5.74) is -0.561. The van der Waals surface area contributed by atoms with Crippen LogP contribution in [0.25, 0.3) is 0 Å². The zero-order valence-electron chi connectivity index (χ0n) is 27.5. The molecule has 0 aromatic rings. The van der Waals surface area contributed by atoms with Crippen LogP contribution in [0.2, 0.25) is 0 Å². The third-order valence-corrected chi connectivity index (χ3v) is 8.87. The quantitative estimate of drug-likeness (QED) is 0.0818. The minimum atomic E-state index is -0.720. The maximum Gasteiger partial charge on any atom is 0.309 e. The van der Waals surface area contributed by atoms with E-state index in [0.717, 1.165) is 88.9 Å². The van der Waals surface area contributed by atoms with Gasteiger partial charge in [0, 0.05) is 6.42 Å². The van der Waals surface area contributed by atoms with Gasteiger partial charge in [0.05, 0.1) is 5.41 Å². The van der Waals surface area contributed by atoms with Crippen LogP contribution in [0.1, 0.15) is 201 Å². The summed E-state index contributed by atoms with van der Waals surface area (Å²) in [6.45, 7) is 9.21. The lowest BCUT2D eigenvalue weighted by Gasteiger charge is -2.30. The maximum absolute atomic E-state index is 12.6. The Morgan fingerprint density at radius 1 is 0.450 bits per heavy atom. The summed E-state index contributed by atoms with van der Waals surface area (Å²) in [5, 5.41) is 19.2. The third-order valence-electron chi connectivity index (χ3n) is 8.87. The standard InChI is InChI=1S/C36H70O4/c1-32(2)26-20-14-9-5-7-11-17-23-29-36(35(39)40,31-25-19-13-16-22-28-34(37)38)30-24-18-12-8-6-10-15-21-27-33(3)4/h32-33H,5-31H2,1-4H3,(H,37,38)(H,39,40). The second kappa shape index (κ2) is 26.8. The van der Waals surface area contributed by atoms with Crippen LogP contribution in [0.5, 0.6) is 0 Å². The van der Waals surface area contributed by atoms with E-state index >= 15 is 0 Å². The van der Waals surface area contributed by atoms with Gasteiger partial charge in [0.15, 0.2) is 0 Å². The van der Waals surface area contributed by atoms with Gasteiger partial charge in [-0.1, -0.05) is 169 Å². The van der Waals surface area contributed by atoms with Gasteiger partial charge in [-0.3, -0.25) is 9.59 Å². The van der Waals surface area contributed by atoms with Crippen molar-refractivity contribution in [2.75, 3.05) is 0 Å². The van der Waals surface area contributed by atoms with Crippen molar-refractivity contribution in [1.29, 1.82) is 0 Å². The summed E-state index contributed by atoms with van der Waals surface area (Å²) in [6.07, 6.45) is 30.2. The Labute approximate surface area is 249 Å². The van der Waals surface area contributed by atoms with Crippen molar-refractivity contribution >= 4 is 11.9 Å². The van der Waals surface area contributed by atoms with Crippen LogP contribution in [0, 0.1) is 17.3 Å². The molecule has 0 bridgehead atoms. The molecule has 0 rings (SSSR count). The number of rotatable bonds is 31. The van der Waals surface area contributed by atoms with Crippen molar-refractivity contribution in [3.8, 4) is 0 Å². The van der Waals surface area contributed by atoms with E-state index < -0.39 is 17.4 Å². The first kappa shape index (κ1) is 38.9. The number of unbranched alkanes of at least 4 members (excludes halogenated alkanes) is 18. The van der Waals surface area contributed by atoms with Gasteiger partial charge in [0.2, 0.25) is 0 Å². The number of carbonyl (C=O) groups is 2. The van der Waals surface area contributed by atoms with Crippen molar-refractivity contribution in [3.63, 3.8) is 0 Å². The number of carboxylic acids is 2. The van der Waals surface area contributed by atoms with Gasteiger partial charge in [0.25, 0.3) is 0 Å². The van der Waals surface area contributed by atoms with Crippen molar-refractivity contribution in [2.45, 2.75) is 201 Å². The van der Waals surface area contributed by atoms with Crippen molar-refractivity contribution in [3.05, 3.63) is 0 Å². The Kier molecular flexibility index (Phi) is 26.1. The second-order valence-electron chi connectivity index (χ2n) is 13.8. The maximum atomic E-state index is 12.6. The molecule has 0 aliphatic carbocycles. The number of hydrogen-bond acceptors (Lipinski definition) is 2. The summed E-state index contributed by atoms with van der Waals surface area (Å²) in [5.74, 6) is 0.336. The zero-order valence-corrected chi connectivity index (χ0v) is 27.5. The van der Waals surface area contributed by atoms with Gasteiger partial charge in [-0.2, -0.15) is 0 Å². The van der Waals surface area contributed by atoms with Gasteiger partial charge in [-0.25, -0.2) is 0 Å². The molecular weight excluding hydrogens is 496 g/mol. The molecule has 4 nitrogen and oxygen atoms in total. The van der Waals surface area contributed by atoms with Gasteiger partial charge >= 0.3 is 11.9 Å². The predicted octanol–water partition coefficient (Wildman–Crippen LogP) is 12.0. The first-order valence-corrected chi connectivity index (χ1v) is 17.6. The van der Waals surface area contributed by atoms with Crippen LogP contribution in [-0.2, 0) is 9.59 Å². The highest BCUT2D eigenvalue weighted by molar-refractivity contribution is 5.74. The fourth-order valence-electron chi connectivity index (χ4n) is 6.12. The predicted molar refractivity (Wildman–Crippen MR) is 172 cm³/mol. The highest BCUT2D eigenvalue weighted by Gasteiger charge is 2.36. The van der Waals surface area contributed by atoms with Gasteiger partial charge in [-0.15, -0.1) is 0 Å². The molecule has 0 aliphatic rings. The van der Waals surface area contributed by atoms with Crippen LogP contribution in [0.3, 0.4) is 0 Å². The Bertz CT molecular complexity index is 555. The molecule has 40 heavy (non-hydrogen) atoms. The first-order chi connectivity index (χ1) is 19.2. The molecule has 0 unspecified atom stereocenters. The van der Waals surface area contributed by atoms with Crippen LogP contribution in [0.4, 0.5) is 0 Å². The van der Waals surface area contributed by atoms with E-state index in [0.29, 0.717) is 0 Å².